The number of rotatable bonds is 3. The van der Waals surface area contributed by atoms with E-state index in [1.165, 1.54) is 24.5 Å². The van der Waals surface area contributed by atoms with Gasteiger partial charge in [-0.25, -0.2) is 9.37 Å². The first-order valence-electron chi connectivity index (χ1n) is 8.54. The van der Waals surface area contributed by atoms with Crippen LogP contribution in [-0.4, -0.2) is 59.7 Å². The van der Waals surface area contributed by atoms with Crippen LogP contribution < -0.4 is 10.5 Å². The van der Waals surface area contributed by atoms with Gasteiger partial charge in [-0.1, -0.05) is 0 Å². The maximum absolute atomic E-state index is 14.1. The van der Waals surface area contributed by atoms with Gasteiger partial charge in [-0.15, -0.1) is 0 Å². The highest BCUT2D eigenvalue weighted by atomic mass is 19.1. The van der Waals surface area contributed by atoms with Crippen LogP contribution in [0.1, 0.15) is 16.1 Å². The standard InChI is InChI=1S/C18H19FN4O3/c19-12-5-11-6-13(8-20)26-17(11)14(7-12)15-9-21-10-16(22-15)18(24)23-1-3-25-4-2-23/h5,7,9-10,13H,1-4,6,8,20H2. The number of carbonyl (C=O) groups excluding carboxylic acids is 1. The summed E-state index contributed by atoms with van der Waals surface area (Å²) in [4.78, 5) is 22.8. The highest BCUT2D eigenvalue weighted by Gasteiger charge is 2.27. The van der Waals surface area contributed by atoms with E-state index in [0.29, 0.717) is 56.3 Å². The Hall–Kier alpha value is -2.58. The van der Waals surface area contributed by atoms with Crippen LogP contribution in [0.5, 0.6) is 5.75 Å². The van der Waals surface area contributed by atoms with Gasteiger partial charge in [0.2, 0.25) is 0 Å². The number of hydrogen-bond donors (Lipinski definition) is 1. The zero-order chi connectivity index (χ0) is 18.1. The SMILES string of the molecule is NCC1Cc2cc(F)cc(-c3cncc(C(=O)N4CCOCC4)n3)c2O1. The van der Waals surface area contributed by atoms with Crippen molar-refractivity contribution in [2.45, 2.75) is 12.5 Å². The predicted molar refractivity (Wildman–Crippen MR) is 91.3 cm³/mol. The number of hydrogen-bond acceptors (Lipinski definition) is 6. The molecule has 2 aliphatic rings. The molecule has 0 radical (unpaired) electrons. The summed E-state index contributed by atoms with van der Waals surface area (Å²) < 4.78 is 25.2. The van der Waals surface area contributed by atoms with Crippen LogP contribution in [0.3, 0.4) is 0 Å². The van der Waals surface area contributed by atoms with Gasteiger partial charge in [0, 0.05) is 37.2 Å². The van der Waals surface area contributed by atoms with Crippen molar-refractivity contribution in [1.29, 1.82) is 0 Å². The van der Waals surface area contributed by atoms with Crippen molar-refractivity contribution in [2.24, 2.45) is 5.73 Å². The Morgan fingerprint density at radius 1 is 1.31 bits per heavy atom. The number of ether oxygens (including phenoxy) is 2. The summed E-state index contributed by atoms with van der Waals surface area (Å²) in [6.07, 6.45) is 3.29. The quantitative estimate of drug-likeness (QED) is 0.881. The lowest BCUT2D eigenvalue weighted by molar-refractivity contribution is 0.0299. The van der Waals surface area contributed by atoms with E-state index in [1.807, 2.05) is 0 Å². The lowest BCUT2D eigenvalue weighted by Crippen LogP contribution is -2.41. The predicted octanol–water partition coefficient (Wildman–Crippen LogP) is 1.02. The molecule has 4 rings (SSSR count). The maximum Gasteiger partial charge on any atom is 0.274 e. The van der Waals surface area contributed by atoms with Gasteiger partial charge < -0.3 is 20.1 Å². The number of morpholine rings is 1. The third kappa shape index (κ3) is 3.13. The van der Waals surface area contributed by atoms with Crippen molar-refractivity contribution in [2.75, 3.05) is 32.8 Å². The van der Waals surface area contributed by atoms with Gasteiger partial charge in [0.05, 0.1) is 31.3 Å². The average molecular weight is 358 g/mol. The lowest BCUT2D eigenvalue weighted by atomic mass is 10.0. The number of nitrogens with two attached hydrogens (primary N) is 1. The smallest absolute Gasteiger partial charge is 0.274 e. The van der Waals surface area contributed by atoms with Gasteiger partial charge >= 0.3 is 0 Å². The molecule has 0 saturated carbocycles. The molecule has 3 heterocycles. The first kappa shape index (κ1) is 16.9. The second kappa shape index (κ2) is 6.97. The van der Waals surface area contributed by atoms with Gasteiger partial charge in [-0.05, 0) is 12.1 Å². The van der Waals surface area contributed by atoms with Gasteiger partial charge in [-0.2, -0.15) is 0 Å². The third-order valence-corrected chi connectivity index (χ3v) is 4.55. The Bertz CT molecular complexity index is 839. The van der Waals surface area contributed by atoms with E-state index >= 15 is 0 Å². The summed E-state index contributed by atoms with van der Waals surface area (Å²) in [6, 6.07) is 2.80. The number of fused-ring (bicyclic) bond motifs is 1. The minimum absolute atomic E-state index is 0.184. The molecule has 1 amide bonds. The molecule has 0 aliphatic carbocycles. The summed E-state index contributed by atoms with van der Waals surface area (Å²) >= 11 is 0. The summed E-state index contributed by atoms with van der Waals surface area (Å²) in [5.41, 5.74) is 7.54. The number of nitrogens with zero attached hydrogens (tertiary/aromatic N) is 3. The monoisotopic (exact) mass is 358 g/mol. The van der Waals surface area contributed by atoms with Crippen molar-refractivity contribution >= 4 is 5.91 Å². The molecule has 1 fully saturated rings. The molecule has 1 atom stereocenters. The van der Waals surface area contributed by atoms with E-state index in [9.17, 15) is 9.18 Å². The topological polar surface area (TPSA) is 90.6 Å². The van der Waals surface area contributed by atoms with E-state index in [-0.39, 0.29) is 23.5 Å². The molecule has 2 aliphatic heterocycles. The van der Waals surface area contributed by atoms with Crippen molar-refractivity contribution in [1.82, 2.24) is 14.9 Å². The zero-order valence-electron chi connectivity index (χ0n) is 14.2. The van der Waals surface area contributed by atoms with Crippen molar-refractivity contribution in [3.05, 3.63) is 41.6 Å². The largest absolute Gasteiger partial charge is 0.488 e. The fourth-order valence-electron chi connectivity index (χ4n) is 3.24. The molecule has 1 saturated heterocycles. The van der Waals surface area contributed by atoms with Crippen LogP contribution in [0.4, 0.5) is 4.39 Å². The lowest BCUT2D eigenvalue weighted by Gasteiger charge is -2.26. The van der Waals surface area contributed by atoms with Crippen LogP contribution >= 0.6 is 0 Å². The van der Waals surface area contributed by atoms with Crippen molar-refractivity contribution in [3.63, 3.8) is 0 Å². The molecule has 136 valence electrons. The zero-order valence-corrected chi connectivity index (χ0v) is 14.2. The van der Waals surface area contributed by atoms with Crippen molar-refractivity contribution in [3.8, 4) is 17.0 Å². The average Bonchev–Trinajstić information content (AvgIpc) is 3.10. The molecule has 8 heteroatoms. The highest BCUT2D eigenvalue weighted by molar-refractivity contribution is 5.92. The Morgan fingerprint density at radius 2 is 2.12 bits per heavy atom. The third-order valence-electron chi connectivity index (χ3n) is 4.55. The van der Waals surface area contributed by atoms with Crippen LogP contribution in [0.2, 0.25) is 0 Å². The first-order chi connectivity index (χ1) is 12.7. The molecular weight excluding hydrogens is 339 g/mol. The van der Waals surface area contributed by atoms with Crippen LogP contribution in [-0.2, 0) is 11.2 Å². The fraction of sp³-hybridized carbons (Fsp3) is 0.389. The molecule has 7 nitrogen and oxygen atoms in total. The van der Waals surface area contributed by atoms with Crippen LogP contribution in [0, 0.1) is 5.82 Å². The second-order valence-corrected chi connectivity index (χ2v) is 6.32. The van der Waals surface area contributed by atoms with Gasteiger partial charge in [0.1, 0.15) is 23.4 Å². The minimum atomic E-state index is -0.383. The number of benzene rings is 1. The summed E-state index contributed by atoms with van der Waals surface area (Å²) in [6.45, 7) is 2.38. The number of aromatic nitrogens is 2. The minimum Gasteiger partial charge on any atom is -0.488 e. The normalized spacial score (nSPS) is 19.2. The molecule has 2 aromatic rings. The fourth-order valence-corrected chi connectivity index (χ4v) is 3.24. The molecule has 1 aromatic carbocycles. The van der Waals surface area contributed by atoms with Crippen molar-refractivity contribution < 1.29 is 18.7 Å². The molecule has 1 unspecified atom stereocenters. The number of amides is 1. The summed E-state index contributed by atoms with van der Waals surface area (Å²) in [5, 5.41) is 0. The molecule has 0 bridgehead atoms. The van der Waals surface area contributed by atoms with E-state index in [1.54, 1.807) is 4.90 Å². The molecule has 26 heavy (non-hydrogen) atoms. The first-order valence-corrected chi connectivity index (χ1v) is 8.54. The Balaban J connectivity index is 1.68. The molecule has 1 aromatic heterocycles. The number of carbonyl (C=O) groups is 1. The van der Waals surface area contributed by atoms with Crippen LogP contribution in [0.25, 0.3) is 11.3 Å². The Morgan fingerprint density at radius 3 is 2.88 bits per heavy atom. The van der Waals surface area contributed by atoms with E-state index in [4.69, 9.17) is 15.2 Å². The van der Waals surface area contributed by atoms with E-state index in [2.05, 4.69) is 9.97 Å². The van der Waals surface area contributed by atoms with E-state index < -0.39 is 0 Å². The second-order valence-electron chi connectivity index (χ2n) is 6.32. The molecule has 0 spiro atoms. The highest BCUT2D eigenvalue weighted by Crippen LogP contribution is 2.38. The maximum atomic E-state index is 14.1. The molecule has 2 N–H and O–H groups in total. The Kier molecular flexibility index (Phi) is 4.52. The molecular formula is C18H19FN4O3. The summed E-state index contributed by atoms with van der Waals surface area (Å²) in [7, 11) is 0. The van der Waals surface area contributed by atoms with Gasteiger partial charge in [0.15, 0.2) is 0 Å². The van der Waals surface area contributed by atoms with Gasteiger partial charge in [-0.3, -0.25) is 9.78 Å². The summed E-state index contributed by atoms with van der Waals surface area (Å²) in [5.74, 6) is -0.0321. The van der Waals surface area contributed by atoms with E-state index in [0.717, 1.165) is 5.56 Å². The Labute approximate surface area is 149 Å². The van der Waals surface area contributed by atoms with Crippen LogP contribution in [0.15, 0.2) is 24.5 Å². The number of halogens is 1. The van der Waals surface area contributed by atoms with Gasteiger partial charge in [0.25, 0.3) is 5.91 Å².